The molecule has 1 aromatic carbocycles. The SMILES string of the molecule is O=CCCCNOc1cccc2c1NC=CC2. The lowest BCUT2D eigenvalue weighted by atomic mass is 10.1. The Morgan fingerprint density at radius 1 is 1.47 bits per heavy atom. The first-order valence-electron chi connectivity index (χ1n) is 5.78. The highest BCUT2D eigenvalue weighted by molar-refractivity contribution is 5.65. The molecule has 0 fully saturated rings. The molecule has 4 heteroatoms. The minimum atomic E-state index is 0.560. The van der Waals surface area contributed by atoms with Crippen molar-refractivity contribution in [3.05, 3.63) is 36.0 Å². The van der Waals surface area contributed by atoms with Crippen molar-refractivity contribution in [3.63, 3.8) is 0 Å². The molecule has 0 radical (unpaired) electrons. The third-order valence-electron chi connectivity index (χ3n) is 2.58. The molecule has 0 amide bonds. The number of aldehydes is 1. The van der Waals surface area contributed by atoms with Crippen LogP contribution in [0.15, 0.2) is 30.5 Å². The third-order valence-corrected chi connectivity index (χ3v) is 2.58. The van der Waals surface area contributed by atoms with Gasteiger partial charge in [-0.3, -0.25) is 0 Å². The number of nitrogens with one attached hydrogen (secondary N) is 2. The molecule has 0 bridgehead atoms. The Kier molecular flexibility index (Phi) is 4.16. The van der Waals surface area contributed by atoms with E-state index in [1.165, 1.54) is 5.56 Å². The summed E-state index contributed by atoms with van der Waals surface area (Å²) in [6, 6.07) is 5.96. The summed E-state index contributed by atoms with van der Waals surface area (Å²) in [6.45, 7) is 0.665. The molecule has 0 aliphatic carbocycles. The van der Waals surface area contributed by atoms with Crippen LogP contribution in [0.25, 0.3) is 0 Å². The van der Waals surface area contributed by atoms with Crippen molar-refractivity contribution < 1.29 is 9.63 Å². The lowest BCUT2D eigenvalue weighted by Gasteiger charge is -2.17. The molecular formula is C13H16N2O2. The summed E-state index contributed by atoms with van der Waals surface area (Å²) < 4.78 is 0. The standard InChI is InChI=1S/C13H16N2O2/c16-10-2-1-9-15-17-12-7-3-5-11-6-4-8-14-13(11)12/h3-5,7-8,10,14-15H,1-2,6,9H2. The summed E-state index contributed by atoms with van der Waals surface area (Å²) in [4.78, 5) is 15.6. The van der Waals surface area contributed by atoms with E-state index in [4.69, 9.17) is 4.84 Å². The number of carbonyl (C=O) groups is 1. The highest BCUT2D eigenvalue weighted by atomic mass is 16.6. The average molecular weight is 232 g/mol. The Labute approximate surface area is 101 Å². The van der Waals surface area contributed by atoms with E-state index in [1.54, 1.807) is 0 Å². The molecule has 1 aromatic rings. The highest BCUT2D eigenvalue weighted by Crippen LogP contribution is 2.30. The topological polar surface area (TPSA) is 50.4 Å². The van der Waals surface area contributed by atoms with Crippen molar-refractivity contribution in [1.82, 2.24) is 5.48 Å². The first-order valence-corrected chi connectivity index (χ1v) is 5.78. The van der Waals surface area contributed by atoms with Gasteiger partial charge in [0.05, 0.1) is 5.69 Å². The van der Waals surface area contributed by atoms with E-state index in [9.17, 15) is 4.79 Å². The quantitative estimate of drug-likeness (QED) is 0.447. The second-order valence-corrected chi connectivity index (χ2v) is 3.85. The first kappa shape index (κ1) is 11.7. The summed E-state index contributed by atoms with van der Waals surface area (Å²) >= 11 is 0. The van der Waals surface area contributed by atoms with E-state index in [0.717, 1.165) is 30.6 Å². The van der Waals surface area contributed by atoms with E-state index in [1.807, 2.05) is 18.3 Å². The second kappa shape index (κ2) is 6.06. The molecule has 0 saturated heterocycles. The van der Waals surface area contributed by atoms with Crippen molar-refractivity contribution in [2.75, 3.05) is 11.9 Å². The van der Waals surface area contributed by atoms with Gasteiger partial charge < -0.3 is 14.9 Å². The summed E-state index contributed by atoms with van der Waals surface area (Å²) in [5.74, 6) is 0.790. The monoisotopic (exact) mass is 232 g/mol. The number of benzene rings is 1. The maximum atomic E-state index is 10.1. The predicted octanol–water partition coefficient (Wildman–Crippen LogP) is 2.03. The Bertz CT molecular complexity index is 416. The van der Waals surface area contributed by atoms with Crippen LogP contribution in [0.4, 0.5) is 5.69 Å². The zero-order valence-corrected chi connectivity index (χ0v) is 9.61. The third kappa shape index (κ3) is 3.07. The van der Waals surface area contributed by atoms with Gasteiger partial charge in [0, 0.05) is 13.0 Å². The van der Waals surface area contributed by atoms with Crippen LogP contribution >= 0.6 is 0 Å². The smallest absolute Gasteiger partial charge is 0.170 e. The van der Waals surface area contributed by atoms with E-state index < -0.39 is 0 Å². The Hall–Kier alpha value is -1.81. The minimum absolute atomic E-state index is 0.560. The van der Waals surface area contributed by atoms with Gasteiger partial charge in [-0.05, 0) is 30.7 Å². The molecule has 1 aliphatic rings. The molecule has 0 atom stereocenters. The molecule has 0 unspecified atom stereocenters. The van der Waals surface area contributed by atoms with Crippen LogP contribution < -0.4 is 15.6 Å². The van der Waals surface area contributed by atoms with Gasteiger partial charge in [0.2, 0.25) is 0 Å². The molecule has 1 aliphatic heterocycles. The fourth-order valence-electron chi connectivity index (χ4n) is 1.71. The minimum Gasteiger partial charge on any atom is -0.407 e. The maximum Gasteiger partial charge on any atom is 0.170 e. The number of fused-ring (bicyclic) bond motifs is 1. The molecule has 0 aromatic heterocycles. The van der Waals surface area contributed by atoms with Crippen molar-refractivity contribution in [2.45, 2.75) is 19.3 Å². The highest BCUT2D eigenvalue weighted by Gasteiger charge is 2.10. The summed E-state index contributed by atoms with van der Waals surface area (Å²) in [5, 5.41) is 3.18. The number of allylic oxidation sites excluding steroid dienone is 1. The molecule has 4 nitrogen and oxygen atoms in total. The second-order valence-electron chi connectivity index (χ2n) is 3.85. The van der Waals surface area contributed by atoms with Gasteiger partial charge in [0.25, 0.3) is 0 Å². The summed E-state index contributed by atoms with van der Waals surface area (Å²) in [7, 11) is 0. The Balaban J connectivity index is 1.91. The number of para-hydroxylation sites is 1. The van der Waals surface area contributed by atoms with Crippen LogP contribution in [0.5, 0.6) is 5.75 Å². The number of hydrogen-bond acceptors (Lipinski definition) is 4. The zero-order chi connectivity index (χ0) is 11.9. The molecule has 2 rings (SSSR count). The molecule has 90 valence electrons. The molecule has 17 heavy (non-hydrogen) atoms. The number of anilines is 1. The van der Waals surface area contributed by atoms with Crippen LogP contribution in [-0.2, 0) is 11.2 Å². The van der Waals surface area contributed by atoms with Crippen molar-refractivity contribution >= 4 is 12.0 Å². The Morgan fingerprint density at radius 3 is 3.29 bits per heavy atom. The fraction of sp³-hybridized carbons (Fsp3) is 0.308. The van der Waals surface area contributed by atoms with E-state index >= 15 is 0 Å². The van der Waals surface area contributed by atoms with Crippen molar-refractivity contribution in [2.24, 2.45) is 0 Å². The number of rotatable bonds is 6. The predicted molar refractivity (Wildman–Crippen MR) is 66.8 cm³/mol. The van der Waals surface area contributed by atoms with E-state index in [2.05, 4.69) is 22.9 Å². The van der Waals surface area contributed by atoms with Gasteiger partial charge >= 0.3 is 0 Å². The summed E-state index contributed by atoms with van der Waals surface area (Å²) in [6.07, 6.45) is 7.17. The largest absolute Gasteiger partial charge is 0.407 e. The van der Waals surface area contributed by atoms with Crippen molar-refractivity contribution in [3.8, 4) is 5.75 Å². The Morgan fingerprint density at radius 2 is 2.41 bits per heavy atom. The van der Waals surface area contributed by atoms with Gasteiger partial charge in [0.15, 0.2) is 5.75 Å². The van der Waals surface area contributed by atoms with Gasteiger partial charge in [-0.25, -0.2) is 0 Å². The summed E-state index contributed by atoms with van der Waals surface area (Å²) in [5.41, 5.74) is 5.10. The number of unbranched alkanes of at least 4 members (excludes halogenated alkanes) is 1. The van der Waals surface area contributed by atoms with Crippen LogP contribution in [0.3, 0.4) is 0 Å². The van der Waals surface area contributed by atoms with Gasteiger partial charge in [-0.15, -0.1) is 0 Å². The molecular weight excluding hydrogens is 216 g/mol. The lowest BCUT2D eigenvalue weighted by Crippen LogP contribution is -2.20. The van der Waals surface area contributed by atoms with E-state index in [0.29, 0.717) is 13.0 Å². The average Bonchev–Trinajstić information content (AvgIpc) is 2.39. The van der Waals surface area contributed by atoms with Gasteiger partial charge in [-0.1, -0.05) is 18.2 Å². The van der Waals surface area contributed by atoms with Crippen LogP contribution in [-0.4, -0.2) is 12.8 Å². The normalized spacial score (nSPS) is 12.7. The van der Waals surface area contributed by atoms with Gasteiger partial charge in [-0.2, -0.15) is 5.48 Å². The molecule has 0 saturated carbocycles. The number of carbonyl (C=O) groups excluding carboxylic acids is 1. The number of hydrogen-bond donors (Lipinski definition) is 2. The molecule has 0 spiro atoms. The molecule has 2 N–H and O–H groups in total. The number of hydroxylamine groups is 1. The van der Waals surface area contributed by atoms with Crippen LogP contribution in [0.2, 0.25) is 0 Å². The van der Waals surface area contributed by atoms with Crippen molar-refractivity contribution in [1.29, 1.82) is 0 Å². The lowest BCUT2D eigenvalue weighted by molar-refractivity contribution is -0.107. The first-order chi connectivity index (χ1) is 8.42. The van der Waals surface area contributed by atoms with Crippen LogP contribution in [0, 0.1) is 0 Å². The maximum absolute atomic E-state index is 10.1. The zero-order valence-electron chi connectivity index (χ0n) is 9.61. The fourth-order valence-corrected chi connectivity index (χ4v) is 1.71. The van der Waals surface area contributed by atoms with E-state index in [-0.39, 0.29) is 0 Å². The van der Waals surface area contributed by atoms with Crippen LogP contribution in [0.1, 0.15) is 18.4 Å². The van der Waals surface area contributed by atoms with Gasteiger partial charge in [0.1, 0.15) is 6.29 Å². The molecule has 1 heterocycles.